The van der Waals surface area contributed by atoms with Gasteiger partial charge in [-0.15, -0.1) is 0 Å². The quantitative estimate of drug-likeness (QED) is 0.757. The summed E-state index contributed by atoms with van der Waals surface area (Å²) in [5, 5.41) is 0. The maximum Gasteiger partial charge on any atom is 0.346 e. The Morgan fingerprint density at radius 1 is 1.14 bits per heavy atom. The van der Waals surface area contributed by atoms with Crippen molar-refractivity contribution in [3.05, 3.63) is 46.5 Å². The van der Waals surface area contributed by atoms with E-state index in [0.29, 0.717) is 11.6 Å². The Morgan fingerprint density at radius 3 is 2.86 bits per heavy atom. The Morgan fingerprint density at radius 2 is 2.00 bits per heavy atom. The second-order valence-corrected chi connectivity index (χ2v) is 5.64. The van der Waals surface area contributed by atoms with E-state index < -0.39 is 0 Å². The maximum absolute atomic E-state index is 11.2. The molecule has 1 saturated carbocycles. The smallest absolute Gasteiger partial charge is 0.335 e. The fourth-order valence-electron chi connectivity index (χ4n) is 3.17. The number of nitrogens with one attached hydrogen (secondary N) is 2. The summed E-state index contributed by atoms with van der Waals surface area (Å²) in [7, 11) is 0. The normalized spacial score (nSPS) is 15.8. The van der Waals surface area contributed by atoms with E-state index in [2.05, 4.69) is 38.1 Å². The van der Waals surface area contributed by atoms with Gasteiger partial charge in [0.05, 0.1) is 6.20 Å². The number of aromatic nitrogens is 4. The van der Waals surface area contributed by atoms with Crippen molar-refractivity contribution in [3.63, 3.8) is 0 Å². The molecule has 1 aromatic carbocycles. The van der Waals surface area contributed by atoms with Crippen LogP contribution in [0.15, 0.2) is 35.3 Å². The fourth-order valence-corrected chi connectivity index (χ4v) is 3.17. The number of hydrogen-bond acceptors (Lipinski definition) is 3. The van der Waals surface area contributed by atoms with Gasteiger partial charge in [0, 0.05) is 5.56 Å². The van der Waals surface area contributed by atoms with Gasteiger partial charge in [-0.1, -0.05) is 31.0 Å². The van der Waals surface area contributed by atoms with E-state index in [1.54, 1.807) is 0 Å². The summed E-state index contributed by atoms with van der Waals surface area (Å²) in [5.41, 5.74) is 3.36. The number of fused-ring (bicyclic) bond motifs is 1. The van der Waals surface area contributed by atoms with Crippen LogP contribution in [0.5, 0.6) is 0 Å². The number of rotatable bonds is 2. The molecule has 106 valence electrons. The minimum atomic E-state index is -0.375. The van der Waals surface area contributed by atoms with Gasteiger partial charge in [0.15, 0.2) is 5.65 Å². The lowest BCUT2D eigenvalue weighted by atomic mass is 9.96. The van der Waals surface area contributed by atoms with E-state index in [4.69, 9.17) is 0 Å². The lowest BCUT2D eigenvalue weighted by Gasteiger charge is -2.10. The molecule has 5 nitrogen and oxygen atoms in total. The zero-order valence-corrected chi connectivity index (χ0v) is 11.6. The number of hydrogen-bond donors (Lipinski definition) is 2. The third-order valence-electron chi connectivity index (χ3n) is 4.25. The van der Waals surface area contributed by atoms with Gasteiger partial charge in [0.2, 0.25) is 0 Å². The number of nitrogens with zero attached hydrogens (tertiary/aromatic N) is 2. The van der Waals surface area contributed by atoms with Gasteiger partial charge < -0.3 is 4.98 Å². The molecule has 0 bridgehead atoms. The highest BCUT2D eigenvalue weighted by molar-refractivity contribution is 5.74. The molecule has 5 heteroatoms. The minimum Gasteiger partial charge on any atom is -0.335 e. The molecule has 4 rings (SSSR count). The maximum atomic E-state index is 11.2. The monoisotopic (exact) mass is 280 g/mol. The largest absolute Gasteiger partial charge is 0.346 e. The molecule has 2 heterocycles. The Balaban J connectivity index is 1.77. The van der Waals surface area contributed by atoms with E-state index in [0.717, 1.165) is 16.9 Å². The average molecular weight is 280 g/mol. The van der Waals surface area contributed by atoms with E-state index in [1.807, 2.05) is 6.07 Å². The molecule has 2 N–H and O–H groups in total. The lowest BCUT2D eigenvalue weighted by molar-refractivity contribution is 0.723. The Hall–Kier alpha value is -2.43. The first-order valence-corrected chi connectivity index (χ1v) is 7.35. The molecule has 0 atom stereocenters. The van der Waals surface area contributed by atoms with Crippen molar-refractivity contribution in [1.82, 2.24) is 19.9 Å². The van der Waals surface area contributed by atoms with Gasteiger partial charge >= 0.3 is 5.69 Å². The first-order chi connectivity index (χ1) is 10.3. The summed E-state index contributed by atoms with van der Waals surface area (Å²) in [5.74, 6) is 1.45. The fraction of sp³-hybridized carbons (Fsp3) is 0.312. The van der Waals surface area contributed by atoms with Crippen LogP contribution in [0, 0.1) is 0 Å². The van der Waals surface area contributed by atoms with Crippen LogP contribution in [0.3, 0.4) is 0 Å². The molecule has 1 aliphatic rings. The molecule has 2 aromatic heterocycles. The van der Waals surface area contributed by atoms with E-state index in [-0.39, 0.29) is 5.69 Å². The molecule has 0 saturated heterocycles. The predicted molar refractivity (Wildman–Crippen MR) is 81.2 cm³/mol. The Bertz CT molecular complexity index is 843. The molecule has 0 radical (unpaired) electrons. The molecule has 3 aromatic rings. The van der Waals surface area contributed by atoms with Crippen molar-refractivity contribution in [3.8, 4) is 11.4 Å². The second-order valence-electron chi connectivity index (χ2n) is 5.64. The van der Waals surface area contributed by atoms with Crippen molar-refractivity contribution >= 4 is 11.2 Å². The number of H-pyrrole nitrogens is 2. The highest BCUT2D eigenvalue weighted by Crippen LogP contribution is 2.35. The van der Waals surface area contributed by atoms with E-state index >= 15 is 0 Å². The molecule has 0 spiro atoms. The summed E-state index contributed by atoms with van der Waals surface area (Å²) < 4.78 is 0. The minimum absolute atomic E-state index is 0.375. The van der Waals surface area contributed by atoms with Crippen molar-refractivity contribution in [1.29, 1.82) is 0 Å². The molecule has 0 amide bonds. The number of benzene rings is 1. The van der Waals surface area contributed by atoms with Crippen LogP contribution in [0.4, 0.5) is 0 Å². The molecule has 1 fully saturated rings. The van der Waals surface area contributed by atoms with Crippen molar-refractivity contribution in [2.45, 2.75) is 31.6 Å². The molecular formula is C16H16N4O. The van der Waals surface area contributed by atoms with Crippen LogP contribution in [0.25, 0.3) is 22.6 Å². The van der Waals surface area contributed by atoms with Crippen molar-refractivity contribution < 1.29 is 0 Å². The van der Waals surface area contributed by atoms with E-state index in [1.165, 1.54) is 37.4 Å². The predicted octanol–water partition coefficient (Wildman–Crippen LogP) is 2.97. The highest BCUT2D eigenvalue weighted by atomic mass is 16.1. The van der Waals surface area contributed by atoms with Gasteiger partial charge in [-0.05, 0) is 30.4 Å². The zero-order chi connectivity index (χ0) is 14.2. The van der Waals surface area contributed by atoms with E-state index in [9.17, 15) is 4.79 Å². The molecular weight excluding hydrogens is 264 g/mol. The second kappa shape index (κ2) is 4.84. The van der Waals surface area contributed by atoms with Crippen LogP contribution in [0.1, 0.15) is 37.2 Å². The summed E-state index contributed by atoms with van der Waals surface area (Å²) in [6.07, 6.45) is 6.73. The summed E-state index contributed by atoms with van der Waals surface area (Å²) in [6, 6.07) is 8.53. The van der Waals surface area contributed by atoms with Crippen molar-refractivity contribution in [2.75, 3.05) is 0 Å². The standard InChI is InChI=1S/C16H16N4O/c21-16-17-9-13-15(20-16)19-14(18-13)12-7-3-6-11(8-12)10-4-1-2-5-10/h3,6-10H,1-2,4-5H2,(H2,17,18,19,20,21). The van der Waals surface area contributed by atoms with Crippen LogP contribution in [-0.4, -0.2) is 19.9 Å². The molecule has 0 aliphatic heterocycles. The van der Waals surface area contributed by atoms with Gasteiger partial charge in [0.25, 0.3) is 0 Å². The first-order valence-electron chi connectivity index (χ1n) is 7.35. The first kappa shape index (κ1) is 12.3. The SMILES string of the molecule is O=c1ncc2[nH]c(-c3cccc(C4CCCC4)c3)nc2[nH]1. The van der Waals surface area contributed by atoms with Gasteiger partial charge in [-0.3, -0.25) is 4.98 Å². The average Bonchev–Trinajstić information content (AvgIpc) is 3.16. The lowest BCUT2D eigenvalue weighted by Crippen LogP contribution is -2.08. The van der Waals surface area contributed by atoms with Crippen LogP contribution >= 0.6 is 0 Å². The van der Waals surface area contributed by atoms with Crippen LogP contribution in [0.2, 0.25) is 0 Å². The highest BCUT2D eigenvalue weighted by Gasteiger charge is 2.17. The topological polar surface area (TPSA) is 74.4 Å². The van der Waals surface area contributed by atoms with Crippen LogP contribution in [-0.2, 0) is 0 Å². The van der Waals surface area contributed by atoms with Gasteiger partial charge in [-0.2, -0.15) is 4.98 Å². The summed E-state index contributed by atoms with van der Waals surface area (Å²) in [4.78, 5) is 25.3. The Labute approximate surface area is 121 Å². The van der Waals surface area contributed by atoms with Gasteiger partial charge in [0.1, 0.15) is 11.3 Å². The summed E-state index contributed by atoms with van der Waals surface area (Å²) in [6.45, 7) is 0. The third-order valence-corrected chi connectivity index (χ3v) is 4.25. The number of aromatic amines is 2. The van der Waals surface area contributed by atoms with Gasteiger partial charge in [-0.25, -0.2) is 9.78 Å². The molecule has 21 heavy (non-hydrogen) atoms. The summed E-state index contributed by atoms with van der Waals surface area (Å²) >= 11 is 0. The molecule has 1 aliphatic carbocycles. The van der Waals surface area contributed by atoms with Crippen molar-refractivity contribution in [2.24, 2.45) is 0 Å². The zero-order valence-electron chi connectivity index (χ0n) is 11.6. The number of imidazole rings is 1. The molecule has 0 unspecified atom stereocenters. The van der Waals surface area contributed by atoms with Crippen LogP contribution < -0.4 is 5.69 Å². The third kappa shape index (κ3) is 2.24. The Kier molecular flexibility index (Phi) is 2.84.